The fourth-order valence-electron chi connectivity index (χ4n) is 2.21. The van der Waals surface area contributed by atoms with Crippen molar-refractivity contribution in [1.29, 1.82) is 0 Å². The number of nitrogens with one attached hydrogen (secondary N) is 3. The van der Waals surface area contributed by atoms with Crippen LogP contribution in [0.15, 0.2) is 30.6 Å². The highest BCUT2D eigenvalue weighted by Gasteiger charge is 2.37. The Morgan fingerprint density at radius 3 is 2.22 bits per heavy atom. The number of alkyl halides is 6. The molecule has 0 aliphatic rings. The SMILES string of the molecule is O=C(/C=C\n1cnc(-c2cc(C(F)(F)F)cc(C(F)(F)F)c2)n1)NNC(=O)CNCCO. The van der Waals surface area contributed by atoms with Crippen molar-refractivity contribution < 1.29 is 41.0 Å². The highest BCUT2D eigenvalue weighted by atomic mass is 19.4. The average molecular weight is 466 g/mol. The molecule has 0 fully saturated rings. The van der Waals surface area contributed by atoms with Crippen molar-refractivity contribution in [3.8, 4) is 11.4 Å². The van der Waals surface area contributed by atoms with E-state index in [1.54, 1.807) is 0 Å². The van der Waals surface area contributed by atoms with E-state index in [4.69, 9.17) is 5.11 Å². The Balaban J connectivity index is 2.10. The van der Waals surface area contributed by atoms with Gasteiger partial charge in [0, 0.05) is 24.4 Å². The maximum absolute atomic E-state index is 13.0. The van der Waals surface area contributed by atoms with Crippen LogP contribution in [0.2, 0.25) is 0 Å². The van der Waals surface area contributed by atoms with Crippen molar-refractivity contribution in [3.63, 3.8) is 0 Å². The van der Waals surface area contributed by atoms with Gasteiger partial charge in [0.15, 0.2) is 5.82 Å². The van der Waals surface area contributed by atoms with E-state index in [9.17, 15) is 35.9 Å². The van der Waals surface area contributed by atoms with Crippen LogP contribution < -0.4 is 16.2 Å². The standard InChI is InChI=1S/C17H16F6N6O3/c18-16(19,20)11-5-10(6-12(7-11)17(21,22)23)15-25-9-29(28-15)3-1-13(31)26-27-14(32)8-24-2-4-30/h1,3,5-7,9,24,30H,2,4,8H2,(H,26,31)(H,27,32)/b3-1-. The van der Waals surface area contributed by atoms with E-state index in [1.807, 2.05) is 5.43 Å². The molecule has 1 heterocycles. The molecule has 0 aliphatic carbocycles. The lowest BCUT2D eigenvalue weighted by molar-refractivity contribution is -0.143. The number of hydrogen-bond acceptors (Lipinski definition) is 6. The van der Waals surface area contributed by atoms with Crippen LogP contribution in [0.4, 0.5) is 26.3 Å². The van der Waals surface area contributed by atoms with Gasteiger partial charge in [-0.1, -0.05) is 0 Å². The van der Waals surface area contributed by atoms with Crippen molar-refractivity contribution in [2.24, 2.45) is 0 Å². The average Bonchev–Trinajstić information content (AvgIpc) is 3.18. The molecule has 0 radical (unpaired) electrons. The minimum absolute atomic E-state index is 0.0155. The lowest BCUT2D eigenvalue weighted by Gasteiger charge is -2.13. The summed E-state index contributed by atoms with van der Waals surface area (Å²) in [6, 6.07) is 0.940. The monoisotopic (exact) mass is 466 g/mol. The van der Waals surface area contributed by atoms with Crippen LogP contribution >= 0.6 is 0 Å². The van der Waals surface area contributed by atoms with E-state index < -0.39 is 46.7 Å². The van der Waals surface area contributed by atoms with Gasteiger partial charge in [-0.3, -0.25) is 20.4 Å². The summed E-state index contributed by atoms with van der Waals surface area (Å²) in [5.41, 5.74) is 0.530. The van der Waals surface area contributed by atoms with Crippen LogP contribution in [-0.2, 0) is 21.9 Å². The Labute approximate surface area is 176 Å². The van der Waals surface area contributed by atoms with Crippen LogP contribution in [0.25, 0.3) is 17.6 Å². The molecule has 0 spiro atoms. The second kappa shape index (κ2) is 10.2. The summed E-state index contributed by atoms with van der Waals surface area (Å²) in [6.07, 6.45) is -7.18. The first-order valence-electron chi connectivity index (χ1n) is 8.69. The van der Waals surface area contributed by atoms with Gasteiger partial charge in [0.2, 0.25) is 0 Å². The van der Waals surface area contributed by atoms with E-state index >= 15 is 0 Å². The van der Waals surface area contributed by atoms with Gasteiger partial charge in [-0.25, -0.2) is 9.67 Å². The first-order valence-corrected chi connectivity index (χ1v) is 8.69. The minimum atomic E-state index is -5.02. The molecule has 1 aromatic carbocycles. The molecule has 0 unspecified atom stereocenters. The summed E-state index contributed by atoms with van der Waals surface area (Å²) in [5, 5.41) is 14.9. The third-order valence-electron chi connectivity index (χ3n) is 3.63. The van der Waals surface area contributed by atoms with Gasteiger partial charge < -0.3 is 10.4 Å². The topological polar surface area (TPSA) is 121 Å². The first-order chi connectivity index (χ1) is 14.9. The van der Waals surface area contributed by atoms with E-state index in [-0.39, 0.29) is 25.8 Å². The van der Waals surface area contributed by atoms with Crippen molar-refractivity contribution in [2.75, 3.05) is 19.7 Å². The number of hydrogen-bond donors (Lipinski definition) is 4. The van der Waals surface area contributed by atoms with E-state index in [0.717, 1.165) is 23.3 Å². The number of benzene rings is 1. The fourth-order valence-corrected chi connectivity index (χ4v) is 2.21. The normalized spacial score (nSPS) is 12.2. The number of aliphatic hydroxyl groups excluding tert-OH is 1. The molecule has 9 nitrogen and oxygen atoms in total. The van der Waals surface area contributed by atoms with Crippen LogP contribution in [0.1, 0.15) is 11.1 Å². The lowest BCUT2D eigenvalue weighted by Crippen LogP contribution is -2.45. The van der Waals surface area contributed by atoms with Crippen LogP contribution in [-0.4, -0.2) is 51.4 Å². The maximum atomic E-state index is 13.0. The quantitative estimate of drug-likeness (QED) is 0.211. The van der Waals surface area contributed by atoms with Crippen LogP contribution in [0.3, 0.4) is 0 Å². The zero-order chi connectivity index (χ0) is 23.9. The van der Waals surface area contributed by atoms with Gasteiger partial charge in [0.05, 0.1) is 24.3 Å². The summed E-state index contributed by atoms with van der Waals surface area (Å²) in [6.45, 7) is -0.180. The predicted molar refractivity (Wildman–Crippen MR) is 97.0 cm³/mol. The molecule has 0 saturated carbocycles. The van der Waals surface area contributed by atoms with Gasteiger partial charge >= 0.3 is 12.4 Å². The number of halogens is 6. The zero-order valence-electron chi connectivity index (χ0n) is 16.0. The largest absolute Gasteiger partial charge is 0.416 e. The van der Waals surface area contributed by atoms with Crippen molar-refractivity contribution in [3.05, 3.63) is 41.7 Å². The van der Waals surface area contributed by atoms with Gasteiger partial charge in [-0.05, 0) is 18.2 Å². The highest BCUT2D eigenvalue weighted by Crippen LogP contribution is 2.37. The number of aliphatic hydroxyl groups is 1. The molecule has 0 bridgehead atoms. The second-order valence-corrected chi connectivity index (χ2v) is 6.10. The molecule has 0 aliphatic heterocycles. The van der Waals surface area contributed by atoms with E-state index in [2.05, 4.69) is 20.8 Å². The molecule has 2 aromatic rings. The summed E-state index contributed by atoms with van der Waals surface area (Å²) >= 11 is 0. The van der Waals surface area contributed by atoms with Crippen molar-refractivity contribution in [1.82, 2.24) is 30.9 Å². The third-order valence-corrected chi connectivity index (χ3v) is 3.63. The number of carbonyl (C=O) groups is 2. The van der Waals surface area contributed by atoms with Crippen molar-refractivity contribution in [2.45, 2.75) is 12.4 Å². The molecular weight excluding hydrogens is 450 g/mol. The maximum Gasteiger partial charge on any atom is 0.416 e. The molecule has 4 N–H and O–H groups in total. The van der Waals surface area contributed by atoms with E-state index in [0.29, 0.717) is 12.1 Å². The Hall–Kier alpha value is -3.46. The van der Waals surface area contributed by atoms with Gasteiger partial charge in [0.1, 0.15) is 6.33 Å². The molecule has 1 aromatic heterocycles. The van der Waals surface area contributed by atoms with Crippen LogP contribution in [0, 0.1) is 0 Å². The minimum Gasteiger partial charge on any atom is -0.395 e. The number of amides is 2. The van der Waals surface area contributed by atoms with Gasteiger partial charge in [0.25, 0.3) is 11.8 Å². The Bertz CT molecular complexity index is 954. The smallest absolute Gasteiger partial charge is 0.395 e. The molecular formula is C17H16F6N6O3. The third kappa shape index (κ3) is 7.35. The summed E-state index contributed by atoms with van der Waals surface area (Å²) in [5.74, 6) is -1.85. The second-order valence-electron chi connectivity index (χ2n) is 6.10. The Morgan fingerprint density at radius 2 is 1.66 bits per heavy atom. The number of carbonyl (C=O) groups excluding carboxylic acids is 2. The summed E-state index contributed by atoms with van der Waals surface area (Å²) in [7, 11) is 0. The molecule has 0 saturated heterocycles. The molecule has 2 amide bonds. The molecule has 15 heteroatoms. The lowest BCUT2D eigenvalue weighted by atomic mass is 10.0. The number of aromatic nitrogens is 3. The number of nitrogens with zero attached hydrogens (tertiary/aromatic N) is 3. The van der Waals surface area contributed by atoms with Gasteiger partial charge in [-0.15, -0.1) is 5.10 Å². The first kappa shape index (κ1) is 24.8. The fraction of sp³-hybridized carbons (Fsp3) is 0.294. The predicted octanol–water partition coefficient (Wildman–Crippen LogP) is 1.18. The Kier molecular flexibility index (Phi) is 7.93. The Morgan fingerprint density at radius 1 is 1.03 bits per heavy atom. The summed E-state index contributed by atoms with van der Waals surface area (Å²) in [4.78, 5) is 26.7. The van der Waals surface area contributed by atoms with Crippen LogP contribution in [0.5, 0.6) is 0 Å². The van der Waals surface area contributed by atoms with Crippen molar-refractivity contribution >= 4 is 18.0 Å². The zero-order valence-corrected chi connectivity index (χ0v) is 16.0. The summed E-state index contributed by atoms with van der Waals surface area (Å²) < 4.78 is 78.7. The molecule has 32 heavy (non-hydrogen) atoms. The molecule has 0 atom stereocenters. The molecule has 2 rings (SSSR count). The highest BCUT2D eigenvalue weighted by molar-refractivity contribution is 5.91. The number of hydrazine groups is 1. The van der Waals surface area contributed by atoms with E-state index in [1.165, 1.54) is 0 Å². The molecule has 174 valence electrons. The number of rotatable bonds is 7. The van der Waals surface area contributed by atoms with Gasteiger partial charge in [-0.2, -0.15) is 26.3 Å².